The number of carbonyl (C=O) groups excluding carboxylic acids is 3. The third kappa shape index (κ3) is 3.30. The number of para-hydroxylation sites is 1. The molecule has 32 heavy (non-hydrogen) atoms. The molecule has 1 aromatic heterocycles. The highest BCUT2D eigenvalue weighted by Crippen LogP contribution is 2.32. The van der Waals surface area contributed by atoms with Crippen LogP contribution in [-0.2, 0) is 12.8 Å². The first-order valence-corrected chi connectivity index (χ1v) is 11.1. The van der Waals surface area contributed by atoms with Gasteiger partial charge in [-0.3, -0.25) is 19.3 Å². The Labute approximate surface area is 186 Å². The lowest BCUT2D eigenvalue weighted by atomic mass is 10.1. The van der Waals surface area contributed by atoms with Crippen molar-refractivity contribution < 1.29 is 14.4 Å². The van der Waals surface area contributed by atoms with Gasteiger partial charge in [0.1, 0.15) is 5.82 Å². The number of aromatic nitrogens is 2. The van der Waals surface area contributed by atoms with E-state index < -0.39 is 0 Å². The van der Waals surface area contributed by atoms with E-state index in [1.165, 1.54) is 11.0 Å². The van der Waals surface area contributed by atoms with Crippen molar-refractivity contribution in [2.75, 3.05) is 11.9 Å². The molecule has 3 amide bonds. The Bertz CT molecular complexity index is 1230. The molecule has 5 rings (SSSR count). The first kappa shape index (κ1) is 20.2. The predicted molar refractivity (Wildman–Crippen MR) is 120 cm³/mol. The van der Waals surface area contributed by atoms with E-state index in [1.54, 1.807) is 16.8 Å². The summed E-state index contributed by atoms with van der Waals surface area (Å²) < 4.78 is 1.77. The van der Waals surface area contributed by atoms with Crippen molar-refractivity contribution in [3.8, 4) is 5.69 Å². The van der Waals surface area contributed by atoms with Crippen LogP contribution in [-0.4, -0.2) is 38.9 Å². The van der Waals surface area contributed by atoms with Gasteiger partial charge < -0.3 is 5.32 Å². The van der Waals surface area contributed by atoms with Crippen molar-refractivity contribution in [3.63, 3.8) is 0 Å². The average molecular weight is 428 g/mol. The predicted octanol–water partition coefficient (Wildman–Crippen LogP) is 4.01. The molecule has 2 aliphatic rings. The van der Waals surface area contributed by atoms with E-state index in [4.69, 9.17) is 5.10 Å². The van der Waals surface area contributed by atoms with Crippen LogP contribution in [0.5, 0.6) is 0 Å². The fraction of sp³-hybridized carbons (Fsp3) is 0.280. The Kier molecular flexibility index (Phi) is 5.09. The van der Waals surface area contributed by atoms with Crippen molar-refractivity contribution in [2.45, 2.75) is 39.0 Å². The number of fused-ring (bicyclic) bond motifs is 2. The molecule has 1 aliphatic carbocycles. The number of amides is 3. The van der Waals surface area contributed by atoms with Gasteiger partial charge in [0.05, 0.1) is 22.5 Å². The Morgan fingerprint density at radius 2 is 1.81 bits per heavy atom. The summed E-state index contributed by atoms with van der Waals surface area (Å²) in [6.45, 7) is 2.41. The molecule has 0 atom stereocenters. The van der Waals surface area contributed by atoms with E-state index in [2.05, 4.69) is 5.32 Å². The summed E-state index contributed by atoms with van der Waals surface area (Å²) in [4.78, 5) is 39.8. The van der Waals surface area contributed by atoms with E-state index in [0.29, 0.717) is 29.1 Å². The fourth-order valence-corrected chi connectivity index (χ4v) is 4.41. The third-order valence-electron chi connectivity index (χ3n) is 6.11. The topological polar surface area (TPSA) is 84.3 Å². The molecule has 162 valence electrons. The van der Waals surface area contributed by atoms with Crippen molar-refractivity contribution in [2.24, 2.45) is 0 Å². The minimum absolute atomic E-state index is 0.287. The maximum atomic E-state index is 13.2. The molecule has 1 aliphatic heterocycles. The number of anilines is 1. The van der Waals surface area contributed by atoms with E-state index in [-0.39, 0.29) is 17.7 Å². The monoisotopic (exact) mass is 428 g/mol. The van der Waals surface area contributed by atoms with Gasteiger partial charge in [0.25, 0.3) is 17.7 Å². The van der Waals surface area contributed by atoms with Crippen molar-refractivity contribution in [3.05, 3.63) is 76.5 Å². The molecule has 2 heterocycles. The standard InChI is InChI=1S/C25H24N4O3/c1-2-3-14-28-24(31)18-13-12-16(15-20(18)25(28)32)23(30)26-22-19-10-7-11-21(19)27-29(22)17-8-5-4-6-9-17/h4-6,8-9,12-13,15H,2-3,7,10-11,14H2,1H3,(H,26,30). The summed E-state index contributed by atoms with van der Waals surface area (Å²) in [5.41, 5.74) is 3.93. The molecule has 7 heteroatoms. The summed E-state index contributed by atoms with van der Waals surface area (Å²) in [6, 6.07) is 14.4. The summed E-state index contributed by atoms with van der Waals surface area (Å²) in [5, 5.41) is 7.74. The van der Waals surface area contributed by atoms with Crippen LogP contribution in [0.15, 0.2) is 48.5 Å². The summed E-state index contributed by atoms with van der Waals surface area (Å²) in [6.07, 6.45) is 4.41. The van der Waals surface area contributed by atoms with Gasteiger partial charge in [0, 0.05) is 17.7 Å². The molecule has 0 saturated carbocycles. The Balaban J connectivity index is 1.45. The zero-order valence-electron chi connectivity index (χ0n) is 17.9. The number of imide groups is 1. The quantitative estimate of drug-likeness (QED) is 0.601. The summed E-state index contributed by atoms with van der Waals surface area (Å²) in [5.74, 6) is -0.276. The molecule has 3 aromatic rings. The Morgan fingerprint density at radius 3 is 2.59 bits per heavy atom. The summed E-state index contributed by atoms with van der Waals surface area (Å²) >= 11 is 0. The number of benzene rings is 2. The van der Waals surface area contributed by atoms with Crippen molar-refractivity contribution in [1.29, 1.82) is 0 Å². The average Bonchev–Trinajstić information content (AvgIpc) is 3.47. The van der Waals surface area contributed by atoms with Crippen LogP contribution in [0.3, 0.4) is 0 Å². The highest BCUT2D eigenvalue weighted by atomic mass is 16.2. The van der Waals surface area contributed by atoms with Gasteiger partial charge in [-0.25, -0.2) is 4.68 Å². The molecular weight excluding hydrogens is 404 g/mol. The third-order valence-corrected chi connectivity index (χ3v) is 6.11. The SMILES string of the molecule is CCCCN1C(=O)c2ccc(C(=O)Nc3c4c(nn3-c3ccccc3)CCC4)cc2C1=O. The molecule has 1 N–H and O–H groups in total. The van der Waals surface area contributed by atoms with Gasteiger partial charge >= 0.3 is 0 Å². The van der Waals surface area contributed by atoms with E-state index in [1.807, 2.05) is 37.3 Å². The van der Waals surface area contributed by atoms with Crippen molar-refractivity contribution >= 4 is 23.5 Å². The van der Waals surface area contributed by atoms with Crippen molar-refractivity contribution in [1.82, 2.24) is 14.7 Å². The van der Waals surface area contributed by atoms with Crippen LogP contribution < -0.4 is 5.32 Å². The van der Waals surface area contributed by atoms with Gasteiger partial charge in [-0.1, -0.05) is 31.5 Å². The number of nitrogens with one attached hydrogen (secondary N) is 1. The minimum Gasteiger partial charge on any atom is -0.306 e. The van der Waals surface area contributed by atoms with Gasteiger partial charge in [0.2, 0.25) is 0 Å². The normalized spacial score (nSPS) is 14.6. The largest absolute Gasteiger partial charge is 0.306 e. The molecule has 0 bridgehead atoms. The van der Waals surface area contributed by atoms with Crippen LogP contribution in [0.4, 0.5) is 5.82 Å². The molecule has 7 nitrogen and oxygen atoms in total. The number of rotatable bonds is 6. The van der Waals surface area contributed by atoms with E-state index in [9.17, 15) is 14.4 Å². The second-order valence-corrected chi connectivity index (χ2v) is 8.20. The van der Waals surface area contributed by atoms with Crippen LogP contribution >= 0.6 is 0 Å². The second kappa shape index (κ2) is 8.07. The molecule has 0 spiro atoms. The number of hydrogen-bond acceptors (Lipinski definition) is 4. The van der Waals surface area contributed by atoms with Crippen LogP contribution in [0.25, 0.3) is 5.69 Å². The van der Waals surface area contributed by atoms with Crippen LogP contribution in [0.2, 0.25) is 0 Å². The molecule has 0 unspecified atom stereocenters. The minimum atomic E-state index is -0.330. The smallest absolute Gasteiger partial charge is 0.261 e. The number of unbranched alkanes of at least 4 members (excludes halogenated alkanes) is 1. The zero-order chi connectivity index (χ0) is 22.2. The Hall–Kier alpha value is -3.74. The molecular formula is C25H24N4O3. The fourth-order valence-electron chi connectivity index (χ4n) is 4.41. The van der Waals surface area contributed by atoms with Gasteiger partial charge in [-0.15, -0.1) is 0 Å². The number of carbonyl (C=O) groups is 3. The van der Waals surface area contributed by atoms with Crippen LogP contribution in [0.1, 0.15) is 68.5 Å². The van der Waals surface area contributed by atoms with Crippen LogP contribution in [0, 0.1) is 0 Å². The lowest BCUT2D eigenvalue weighted by Gasteiger charge is -2.12. The summed E-state index contributed by atoms with van der Waals surface area (Å²) in [7, 11) is 0. The number of hydrogen-bond donors (Lipinski definition) is 1. The lowest BCUT2D eigenvalue weighted by Crippen LogP contribution is -2.30. The first-order chi connectivity index (χ1) is 15.6. The first-order valence-electron chi connectivity index (χ1n) is 11.1. The molecule has 0 radical (unpaired) electrons. The zero-order valence-corrected chi connectivity index (χ0v) is 17.9. The van der Waals surface area contributed by atoms with Gasteiger partial charge in [0.15, 0.2) is 0 Å². The highest BCUT2D eigenvalue weighted by Gasteiger charge is 2.35. The van der Waals surface area contributed by atoms with Gasteiger partial charge in [-0.2, -0.15) is 5.10 Å². The number of aryl methyl sites for hydroxylation is 1. The maximum absolute atomic E-state index is 13.2. The maximum Gasteiger partial charge on any atom is 0.261 e. The number of nitrogens with zero attached hydrogens (tertiary/aromatic N) is 3. The Morgan fingerprint density at radius 1 is 1.03 bits per heavy atom. The molecule has 0 fully saturated rings. The van der Waals surface area contributed by atoms with E-state index in [0.717, 1.165) is 49.0 Å². The molecule has 2 aromatic carbocycles. The van der Waals surface area contributed by atoms with Gasteiger partial charge in [-0.05, 0) is 56.0 Å². The van der Waals surface area contributed by atoms with E-state index >= 15 is 0 Å². The highest BCUT2D eigenvalue weighted by molar-refractivity contribution is 6.22. The second-order valence-electron chi connectivity index (χ2n) is 8.20. The molecule has 0 saturated heterocycles. The lowest BCUT2D eigenvalue weighted by molar-refractivity contribution is 0.0652.